The number of benzene rings is 8. The lowest BCUT2D eigenvalue weighted by atomic mass is 9.90. The number of nitrogens with zero attached hydrogens (tertiary/aromatic N) is 2. The quantitative estimate of drug-likeness (QED) is 0.0953. The zero-order chi connectivity index (χ0) is 57.9. The van der Waals surface area contributed by atoms with Crippen molar-refractivity contribution in [3.05, 3.63) is 165 Å². The Morgan fingerprint density at radius 1 is 0.405 bits per heavy atom. The number of carbonyl (C=O) groups is 4. The highest BCUT2D eigenvalue weighted by Gasteiger charge is 2.33. The van der Waals surface area contributed by atoms with Crippen LogP contribution in [0.4, 0.5) is 0 Å². The molecule has 0 saturated carbocycles. The van der Waals surface area contributed by atoms with Crippen LogP contribution in [-0.2, 0) is 77.3 Å². The monoisotopic (exact) mass is 1140 g/mol. The molecule has 0 atom stereocenters. The Morgan fingerprint density at radius 3 is 1.01 bits per heavy atom. The number of rotatable bonds is 12. The molecule has 0 aromatic heterocycles. The molecule has 13 rings (SSSR count). The maximum Gasteiger partial charge on any atom is 0.403 e. The molecule has 5 heterocycles. The third-order valence-corrected chi connectivity index (χ3v) is 15.1. The molecule has 0 amide bonds. The lowest BCUT2D eigenvalue weighted by Gasteiger charge is -2.29. The molecule has 10 bridgehead atoms. The van der Waals surface area contributed by atoms with Gasteiger partial charge >= 0.3 is 23.9 Å². The molecule has 5 aliphatic rings. The zero-order valence-electron chi connectivity index (χ0n) is 44.5. The van der Waals surface area contributed by atoms with Crippen LogP contribution in [0, 0.1) is 0 Å². The molecule has 0 aliphatic carbocycles. The Labute approximate surface area is 473 Å². The average molecular weight is 1140 g/mol. The standard InChI is InChI=1S/C60H48N6O18/c61-81-51(67)23-73-43-5-1-27-9-31-13-35-14-32-10-28-2-6-44(74-24-52(68)82-62)42-22-66-58(72)56-40-20-50-34(12-30(40)4-8-46(56)76-26-54(70)84-64)16-36-15-33-11-29-3-7-45(75-25-53(69)83-63)55(39(29)19-49(33)79-60(36)80-50)57(71)65-21-41(43)37(27)17-47(31)77-59(35)78-48(32)18-38(28)42/h1-12,17-20H,13-16,21-26H2,61-64H3/q+2/p+2. The van der Waals surface area contributed by atoms with Crippen LogP contribution in [0.15, 0.2) is 130 Å². The highest BCUT2D eigenvalue weighted by molar-refractivity contribution is 6.11. The van der Waals surface area contributed by atoms with Gasteiger partial charge in [0.1, 0.15) is 46.0 Å². The molecule has 8 aromatic rings. The average Bonchev–Trinajstić information content (AvgIpc) is 1.22. The van der Waals surface area contributed by atoms with Crippen LogP contribution in [0.3, 0.4) is 0 Å². The normalized spacial score (nSPS) is 14.6. The molecule has 0 radical (unpaired) electrons. The summed E-state index contributed by atoms with van der Waals surface area (Å²) in [7, 11) is 0. The van der Waals surface area contributed by atoms with Gasteiger partial charge in [-0.1, -0.05) is 24.3 Å². The summed E-state index contributed by atoms with van der Waals surface area (Å²) in [6, 6.07) is 28.8. The highest BCUT2D eigenvalue weighted by Crippen LogP contribution is 2.47. The lowest BCUT2D eigenvalue weighted by Crippen LogP contribution is -2.52. The van der Waals surface area contributed by atoms with E-state index in [9.17, 15) is 29.4 Å². The molecule has 24 nitrogen and oxygen atoms in total. The van der Waals surface area contributed by atoms with Crippen molar-refractivity contribution in [2.75, 3.05) is 26.4 Å². The van der Waals surface area contributed by atoms with Gasteiger partial charge in [-0.25, -0.2) is 29.2 Å². The molecule has 0 saturated heterocycles. The summed E-state index contributed by atoms with van der Waals surface area (Å²) < 4.78 is 50.5. The van der Waals surface area contributed by atoms with Gasteiger partial charge in [-0.2, -0.15) is 23.6 Å². The molecule has 0 unspecified atom stereocenters. The van der Waals surface area contributed by atoms with Gasteiger partial charge in [-0.05, 0) is 127 Å². The third-order valence-electron chi connectivity index (χ3n) is 15.1. The Hall–Kier alpha value is -10.7. The maximum atomic E-state index is 12.4. The minimum Gasteiger partial charge on any atom is -0.493 e. The molecule has 5 aliphatic heterocycles. The van der Waals surface area contributed by atoms with Crippen LogP contribution in [0.5, 0.6) is 46.0 Å². The molecule has 14 N–H and O–H groups in total. The zero-order valence-corrected chi connectivity index (χ0v) is 44.5. The molecule has 424 valence electrons. The van der Waals surface area contributed by atoms with Crippen LogP contribution in [0.2, 0.25) is 0 Å². The minimum absolute atomic E-state index is 0.0795. The van der Waals surface area contributed by atoms with E-state index in [2.05, 4.69) is 42.9 Å². The summed E-state index contributed by atoms with van der Waals surface area (Å²) in [5.41, 5.74) is 6.16. The Kier molecular flexibility index (Phi) is 13.4. The van der Waals surface area contributed by atoms with Gasteiger partial charge in [0.25, 0.3) is 11.9 Å². The second-order valence-electron chi connectivity index (χ2n) is 20.1. The summed E-state index contributed by atoms with van der Waals surface area (Å²) in [4.78, 5) is 77.8. The summed E-state index contributed by atoms with van der Waals surface area (Å²) in [6.45, 7) is -2.53. The van der Waals surface area contributed by atoms with Crippen molar-refractivity contribution >= 4 is 78.8 Å². The number of carbonyl (C=O) groups excluding carboxylic acids is 4. The van der Waals surface area contributed by atoms with Crippen LogP contribution < -0.4 is 61.5 Å². The largest absolute Gasteiger partial charge is 0.493 e. The number of aliphatic hydroxyl groups excluding tert-OH is 2. The number of ether oxygens (including phenoxy) is 8. The van der Waals surface area contributed by atoms with Crippen LogP contribution in [0.25, 0.3) is 43.1 Å². The van der Waals surface area contributed by atoms with Crippen LogP contribution in [0.1, 0.15) is 44.5 Å². The summed E-state index contributed by atoms with van der Waals surface area (Å²) in [6.07, 6.45) is 1.74. The molecule has 8 aromatic carbocycles. The SMILES string of the molecule is [NH3+]OC(=O)COc1ccc2cc3c4cc2c1CN=C(O)c1c(OCC(=O)O[NH3+])ccc2cc5c(cc12)OC1=C(C5)Cc2cc5ccc(OCC(=O)O[NH3+])c(c5cc2O1)C(O)=NCc1c(OCC(=O)O[NH3+])ccc2cc5c(cc12)OC(=C(C3)C5)O4. The van der Waals surface area contributed by atoms with Crippen molar-refractivity contribution < 1.29 is 110 Å². The Balaban J connectivity index is 0.995. The van der Waals surface area contributed by atoms with E-state index >= 15 is 0 Å². The molecular weight excluding hydrogens is 1090 g/mol. The third kappa shape index (κ3) is 9.64. The first kappa shape index (κ1) is 52.7. The smallest absolute Gasteiger partial charge is 0.403 e. The highest BCUT2D eigenvalue weighted by atomic mass is 16.7. The van der Waals surface area contributed by atoms with Crippen molar-refractivity contribution in [1.29, 1.82) is 0 Å². The van der Waals surface area contributed by atoms with E-state index in [4.69, 9.17) is 47.9 Å². The van der Waals surface area contributed by atoms with E-state index < -0.39 is 62.1 Å². The summed E-state index contributed by atoms with van der Waals surface area (Å²) in [5, 5.41) is 29.6. The number of allylic oxidation sites excluding steroid dienone is 2. The van der Waals surface area contributed by atoms with Gasteiger partial charge in [-0.3, -0.25) is 19.4 Å². The van der Waals surface area contributed by atoms with E-state index in [0.717, 1.165) is 44.2 Å². The second kappa shape index (κ2) is 21.3. The maximum absolute atomic E-state index is 12.4. The van der Waals surface area contributed by atoms with Gasteiger partial charge < -0.3 is 48.1 Å². The lowest BCUT2D eigenvalue weighted by molar-refractivity contribution is -0.657. The second-order valence-corrected chi connectivity index (χ2v) is 20.1. The Bertz CT molecular complexity index is 4070. The fourth-order valence-corrected chi connectivity index (χ4v) is 11.1. The predicted octanol–water partition coefficient (Wildman–Crippen LogP) is 3.50. The minimum atomic E-state index is -0.776. The first-order chi connectivity index (χ1) is 40.8. The molecular formula is C60H50N6O18+4. The van der Waals surface area contributed by atoms with E-state index in [1.54, 1.807) is 48.5 Å². The van der Waals surface area contributed by atoms with Crippen molar-refractivity contribution in [3.63, 3.8) is 0 Å². The number of quaternary nitrogens is 4. The van der Waals surface area contributed by atoms with E-state index in [1.807, 2.05) is 48.5 Å². The molecule has 0 fully saturated rings. The van der Waals surface area contributed by atoms with E-state index in [1.165, 1.54) is 0 Å². The van der Waals surface area contributed by atoms with Gasteiger partial charge in [0.05, 0.1) is 24.2 Å². The number of hydrogen-bond acceptors (Lipinski definition) is 18. The van der Waals surface area contributed by atoms with E-state index in [-0.39, 0.29) is 59.1 Å². The van der Waals surface area contributed by atoms with Crippen molar-refractivity contribution in [3.8, 4) is 46.0 Å². The predicted molar refractivity (Wildman–Crippen MR) is 291 cm³/mol. The topological polar surface area (TPSA) is 355 Å². The van der Waals surface area contributed by atoms with Crippen molar-refractivity contribution in [1.82, 2.24) is 0 Å². The summed E-state index contributed by atoms with van der Waals surface area (Å²) >= 11 is 0. The van der Waals surface area contributed by atoms with E-state index in [0.29, 0.717) is 92.1 Å². The first-order valence-corrected chi connectivity index (χ1v) is 26.1. The van der Waals surface area contributed by atoms with Gasteiger partial charge in [0.2, 0.25) is 11.8 Å². The molecule has 84 heavy (non-hydrogen) atoms. The molecule has 0 spiro atoms. The molecule has 24 heteroatoms. The van der Waals surface area contributed by atoms with Gasteiger partial charge in [-0.15, -0.1) is 0 Å². The van der Waals surface area contributed by atoms with Gasteiger partial charge in [0, 0.05) is 58.7 Å². The van der Waals surface area contributed by atoms with Crippen LogP contribution >= 0.6 is 0 Å². The summed E-state index contributed by atoms with van der Waals surface area (Å²) in [5.74, 6) is 11.6. The van der Waals surface area contributed by atoms with Gasteiger partial charge in [0.15, 0.2) is 26.4 Å². The fraction of sp³-hybridized carbons (Fsp3) is 0.167. The first-order valence-electron chi connectivity index (χ1n) is 26.1. The van der Waals surface area contributed by atoms with Crippen LogP contribution in [-0.4, -0.2) is 72.3 Å². The number of aliphatic hydroxyl groups is 2. The number of hydrogen-bond donors (Lipinski definition) is 6. The van der Waals surface area contributed by atoms with Crippen molar-refractivity contribution in [2.45, 2.75) is 38.8 Å². The van der Waals surface area contributed by atoms with Crippen molar-refractivity contribution in [2.24, 2.45) is 9.98 Å². The fourth-order valence-electron chi connectivity index (χ4n) is 11.1. The Morgan fingerprint density at radius 2 is 0.690 bits per heavy atom. The number of aliphatic imine (C=N–C) groups is 2.